The quantitative estimate of drug-likeness (QED) is 0.178. The molecule has 2 heterocycles. The van der Waals surface area contributed by atoms with E-state index < -0.39 is 0 Å². The number of hydrogen-bond donors (Lipinski definition) is 0. The molecule has 0 radical (unpaired) electrons. The fraction of sp³-hybridized carbons (Fsp3) is 0.0385. The molecule has 262 valence electrons. The van der Waals surface area contributed by atoms with Gasteiger partial charge in [0.15, 0.2) is 0 Å². The topological polar surface area (TPSA) is 57.4 Å². The monoisotopic (exact) mass is 714 g/mol. The smallest absolute Gasteiger partial charge is 0.104 e. The largest absolute Gasteiger partial charge is 0.308 e. The first-order valence-electron chi connectivity index (χ1n) is 18.8. The molecule has 0 atom stereocenters. The van der Waals surface area contributed by atoms with Gasteiger partial charge in [-0.1, -0.05) is 139 Å². The number of benzene rings is 8. The number of aromatic nitrogens is 2. The van der Waals surface area contributed by atoms with E-state index in [0.29, 0.717) is 11.1 Å². The van der Waals surface area contributed by atoms with Gasteiger partial charge in [-0.3, -0.25) is 0 Å². The number of rotatable bonds is 5. The lowest BCUT2D eigenvalue weighted by Crippen LogP contribution is -2.06. The predicted molar refractivity (Wildman–Crippen MR) is 230 cm³/mol. The Morgan fingerprint density at radius 3 is 1.50 bits per heavy atom. The van der Waals surface area contributed by atoms with Crippen LogP contribution in [0.25, 0.3) is 88.4 Å². The molecule has 0 spiro atoms. The van der Waals surface area contributed by atoms with Crippen molar-refractivity contribution >= 4 is 43.6 Å². The van der Waals surface area contributed by atoms with Crippen LogP contribution in [0.5, 0.6) is 0 Å². The Morgan fingerprint density at radius 1 is 0.393 bits per heavy atom. The highest BCUT2D eigenvalue weighted by Crippen LogP contribution is 2.43. The van der Waals surface area contributed by atoms with E-state index in [2.05, 4.69) is 181 Å². The fourth-order valence-corrected chi connectivity index (χ4v) is 8.55. The van der Waals surface area contributed by atoms with E-state index >= 15 is 0 Å². The van der Waals surface area contributed by atoms with Crippen molar-refractivity contribution in [2.75, 3.05) is 0 Å². The van der Waals surface area contributed by atoms with Crippen LogP contribution >= 0.6 is 0 Å². The van der Waals surface area contributed by atoms with E-state index in [0.717, 1.165) is 88.4 Å². The minimum absolute atomic E-state index is 0.539. The highest BCUT2D eigenvalue weighted by atomic mass is 15.0. The van der Waals surface area contributed by atoms with E-state index in [1.165, 1.54) is 11.1 Å². The molecule has 0 aliphatic carbocycles. The van der Waals surface area contributed by atoms with Crippen molar-refractivity contribution in [2.45, 2.75) is 13.8 Å². The van der Waals surface area contributed by atoms with Crippen LogP contribution in [0, 0.1) is 36.5 Å². The molecule has 8 aromatic carbocycles. The van der Waals surface area contributed by atoms with E-state index in [9.17, 15) is 10.5 Å². The van der Waals surface area contributed by atoms with E-state index in [4.69, 9.17) is 0 Å². The van der Waals surface area contributed by atoms with Crippen LogP contribution in [-0.2, 0) is 0 Å². The average molecular weight is 715 g/mol. The Balaban J connectivity index is 1.35. The van der Waals surface area contributed by atoms with Crippen molar-refractivity contribution < 1.29 is 0 Å². The van der Waals surface area contributed by atoms with Gasteiger partial charge in [-0.25, -0.2) is 0 Å². The molecule has 0 N–H and O–H groups in total. The van der Waals surface area contributed by atoms with Gasteiger partial charge in [0.2, 0.25) is 0 Å². The molecule has 0 saturated carbocycles. The third-order valence-corrected chi connectivity index (χ3v) is 11.1. The molecule has 4 heteroatoms. The summed E-state index contributed by atoms with van der Waals surface area (Å²) in [4.78, 5) is 0. The fourth-order valence-electron chi connectivity index (χ4n) is 8.55. The summed E-state index contributed by atoms with van der Waals surface area (Å²) in [7, 11) is 0. The first-order chi connectivity index (χ1) is 27.5. The summed E-state index contributed by atoms with van der Waals surface area (Å²) in [6.45, 7) is 4.23. The lowest BCUT2D eigenvalue weighted by atomic mass is 9.96. The van der Waals surface area contributed by atoms with Gasteiger partial charge in [0.1, 0.15) is 11.6 Å². The minimum Gasteiger partial charge on any atom is -0.308 e. The van der Waals surface area contributed by atoms with Gasteiger partial charge >= 0.3 is 0 Å². The molecule has 2 aromatic heterocycles. The van der Waals surface area contributed by atoms with E-state index in [-0.39, 0.29) is 0 Å². The van der Waals surface area contributed by atoms with Crippen LogP contribution in [0.15, 0.2) is 170 Å². The second kappa shape index (κ2) is 13.0. The zero-order chi connectivity index (χ0) is 37.9. The van der Waals surface area contributed by atoms with Crippen LogP contribution in [-0.4, -0.2) is 9.13 Å². The number of nitriles is 2. The van der Waals surface area contributed by atoms with Gasteiger partial charge in [0, 0.05) is 27.1 Å². The van der Waals surface area contributed by atoms with Crippen molar-refractivity contribution in [1.29, 1.82) is 10.5 Å². The molecule has 10 aromatic rings. The van der Waals surface area contributed by atoms with Gasteiger partial charge in [-0.15, -0.1) is 0 Å². The van der Waals surface area contributed by atoms with Gasteiger partial charge in [-0.2, -0.15) is 10.5 Å². The zero-order valence-corrected chi connectivity index (χ0v) is 31.0. The summed E-state index contributed by atoms with van der Waals surface area (Å²) in [5.41, 5.74) is 15.3. The van der Waals surface area contributed by atoms with Gasteiger partial charge in [0.05, 0.1) is 45.1 Å². The highest BCUT2D eigenvalue weighted by molar-refractivity contribution is 6.12. The lowest BCUT2D eigenvalue weighted by molar-refractivity contribution is 1.12. The molecular formula is C52H34N4. The molecular weight excluding hydrogens is 681 g/mol. The number of nitrogens with zero attached hydrogens (tertiary/aromatic N) is 4. The Morgan fingerprint density at radius 2 is 0.911 bits per heavy atom. The maximum atomic E-state index is 11.6. The van der Waals surface area contributed by atoms with Crippen LogP contribution < -0.4 is 0 Å². The Kier molecular flexibility index (Phi) is 7.66. The standard InChI is InChI=1S/C52H34N4/c1-33-10-7-13-36(26-33)38-20-22-44-42-16-3-5-18-47(42)55(50(44)29-38)49-25-24-41(40-15-9-12-35(28-40)31-53)52(46(49)32-54)56-48-19-6-4-17-43(48)45-23-21-39(30-51(45)56)37-14-8-11-34(2)27-37/h3-30H,1-2H3. The van der Waals surface area contributed by atoms with E-state index in [1.54, 1.807) is 0 Å². The number of hydrogen-bond acceptors (Lipinski definition) is 2. The zero-order valence-electron chi connectivity index (χ0n) is 31.0. The van der Waals surface area contributed by atoms with Crippen molar-refractivity contribution in [3.8, 4) is 56.9 Å². The highest BCUT2D eigenvalue weighted by Gasteiger charge is 2.24. The van der Waals surface area contributed by atoms with Gasteiger partial charge in [-0.05, 0) is 84.1 Å². The van der Waals surface area contributed by atoms with Crippen molar-refractivity contribution in [2.24, 2.45) is 0 Å². The molecule has 0 unspecified atom stereocenters. The summed E-state index contributed by atoms with van der Waals surface area (Å²) in [5.74, 6) is 0. The second-order valence-corrected chi connectivity index (χ2v) is 14.6. The molecule has 10 rings (SSSR count). The average Bonchev–Trinajstić information content (AvgIpc) is 3.75. The van der Waals surface area contributed by atoms with Crippen molar-refractivity contribution in [3.63, 3.8) is 0 Å². The summed E-state index contributed by atoms with van der Waals surface area (Å²) < 4.78 is 4.53. The van der Waals surface area contributed by atoms with E-state index in [1.807, 2.05) is 24.3 Å². The second-order valence-electron chi connectivity index (χ2n) is 14.6. The summed E-state index contributed by atoms with van der Waals surface area (Å²) in [6.07, 6.45) is 0. The SMILES string of the molecule is Cc1cccc(-c2ccc3c4ccccc4n(-c4ccc(-c5cccc(C#N)c5)c(-n5c6ccccc6c6ccc(-c7cccc(C)c7)cc65)c4C#N)c3c2)c1. The van der Waals surface area contributed by atoms with Crippen LogP contribution in [0.3, 0.4) is 0 Å². The normalized spacial score (nSPS) is 11.4. The predicted octanol–water partition coefficient (Wildman–Crippen LogP) is 13.2. The van der Waals surface area contributed by atoms with Crippen LogP contribution in [0.1, 0.15) is 22.3 Å². The van der Waals surface area contributed by atoms with Crippen LogP contribution in [0.2, 0.25) is 0 Å². The molecule has 4 nitrogen and oxygen atoms in total. The van der Waals surface area contributed by atoms with Crippen molar-refractivity contribution in [1.82, 2.24) is 9.13 Å². The van der Waals surface area contributed by atoms with Crippen molar-refractivity contribution in [3.05, 3.63) is 192 Å². The molecule has 0 fully saturated rings. The summed E-state index contributed by atoms with van der Waals surface area (Å²) in [5, 5.41) is 26.0. The molecule has 0 aliphatic rings. The number of fused-ring (bicyclic) bond motifs is 6. The third-order valence-electron chi connectivity index (χ3n) is 11.1. The third kappa shape index (κ3) is 5.20. The summed E-state index contributed by atoms with van der Waals surface area (Å²) in [6, 6.07) is 64.3. The first kappa shape index (κ1) is 32.9. The molecule has 0 aliphatic heterocycles. The lowest BCUT2D eigenvalue weighted by Gasteiger charge is -2.20. The minimum atomic E-state index is 0.539. The molecule has 56 heavy (non-hydrogen) atoms. The Labute approximate surface area is 325 Å². The number of aryl methyl sites for hydroxylation is 2. The summed E-state index contributed by atoms with van der Waals surface area (Å²) >= 11 is 0. The molecule has 0 bridgehead atoms. The first-order valence-corrected chi connectivity index (χ1v) is 18.8. The van der Waals surface area contributed by atoms with Gasteiger partial charge in [0.25, 0.3) is 0 Å². The molecule has 0 amide bonds. The van der Waals surface area contributed by atoms with Gasteiger partial charge < -0.3 is 9.13 Å². The molecule has 0 saturated heterocycles. The maximum absolute atomic E-state index is 11.6. The number of para-hydroxylation sites is 2. The Hall–Kier alpha value is -7.66. The maximum Gasteiger partial charge on any atom is 0.104 e. The van der Waals surface area contributed by atoms with Crippen LogP contribution in [0.4, 0.5) is 0 Å². The Bertz CT molecular complexity index is 3310.